The molecule has 0 saturated carbocycles. The molecule has 0 fully saturated rings. The smallest absolute Gasteiger partial charge is 0.161 e. The summed E-state index contributed by atoms with van der Waals surface area (Å²) >= 11 is 0. The molecular formula is C15H22N2O2. The van der Waals surface area contributed by atoms with Crippen LogP contribution in [0.3, 0.4) is 0 Å². The standard InChI is InChI=1S/C15H22N2O2/c1-3-9-17-12-13-6-7-14(18-2)15(11-13)19-10-5-4-8-16/h6-7,11,17H,3-5,9-10,12H2,1-2H3. The second-order valence-corrected chi connectivity index (χ2v) is 4.27. The molecule has 0 aromatic heterocycles. The number of nitriles is 1. The lowest BCUT2D eigenvalue weighted by Gasteiger charge is -2.12. The molecule has 0 amide bonds. The van der Waals surface area contributed by atoms with Crippen molar-refractivity contribution in [3.05, 3.63) is 23.8 Å². The number of methoxy groups -OCH3 is 1. The summed E-state index contributed by atoms with van der Waals surface area (Å²) in [5.74, 6) is 1.48. The lowest BCUT2D eigenvalue weighted by atomic mass is 10.2. The Kier molecular flexibility index (Phi) is 7.45. The molecule has 0 aliphatic rings. The van der Waals surface area contributed by atoms with Crippen LogP contribution in [0, 0.1) is 11.3 Å². The molecule has 0 aliphatic heterocycles. The molecule has 0 heterocycles. The van der Waals surface area contributed by atoms with Crippen molar-refractivity contribution in [1.82, 2.24) is 5.32 Å². The van der Waals surface area contributed by atoms with Gasteiger partial charge in [0.05, 0.1) is 19.8 Å². The molecule has 0 aliphatic carbocycles. The molecule has 0 spiro atoms. The Hall–Kier alpha value is -1.73. The first-order valence-electron chi connectivity index (χ1n) is 6.69. The van der Waals surface area contributed by atoms with E-state index >= 15 is 0 Å². The maximum absolute atomic E-state index is 8.49. The second kappa shape index (κ2) is 9.23. The third kappa shape index (κ3) is 5.62. The van der Waals surface area contributed by atoms with E-state index in [0.29, 0.717) is 13.0 Å². The fourth-order valence-corrected chi connectivity index (χ4v) is 1.69. The fourth-order valence-electron chi connectivity index (χ4n) is 1.69. The maximum Gasteiger partial charge on any atom is 0.161 e. The highest BCUT2D eigenvalue weighted by molar-refractivity contribution is 5.42. The van der Waals surface area contributed by atoms with Gasteiger partial charge in [0.1, 0.15) is 0 Å². The molecule has 104 valence electrons. The molecule has 0 atom stereocenters. The Morgan fingerprint density at radius 2 is 2.16 bits per heavy atom. The van der Waals surface area contributed by atoms with Crippen LogP contribution in [-0.2, 0) is 6.54 Å². The fraction of sp³-hybridized carbons (Fsp3) is 0.533. The van der Waals surface area contributed by atoms with Gasteiger partial charge in [-0.1, -0.05) is 13.0 Å². The topological polar surface area (TPSA) is 54.3 Å². The first-order chi connectivity index (χ1) is 9.31. The van der Waals surface area contributed by atoms with Crippen LogP contribution < -0.4 is 14.8 Å². The number of rotatable bonds is 9. The average Bonchev–Trinajstić information content (AvgIpc) is 2.44. The largest absolute Gasteiger partial charge is 0.493 e. The quantitative estimate of drug-likeness (QED) is 0.695. The van der Waals surface area contributed by atoms with Gasteiger partial charge in [-0.25, -0.2) is 0 Å². The van der Waals surface area contributed by atoms with Crippen LogP contribution in [0.5, 0.6) is 11.5 Å². The number of benzene rings is 1. The van der Waals surface area contributed by atoms with Gasteiger partial charge in [-0.3, -0.25) is 0 Å². The van der Waals surface area contributed by atoms with E-state index in [4.69, 9.17) is 14.7 Å². The van der Waals surface area contributed by atoms with Crippen molar-refractivity contribution >= 4 is 0 Å². The predicted octanol–water partition coefficient (Wildman–Crippen LogP) is 2.88. The first-order valence-corrected chi connectivity index (χ1v) is 6.69. The third-order valence-electron chi connectivity index (χ3n) is 2.67. The molecule has 19 heavy (non-hydrogen) atoms. The Balaban J connectivity index is 2.59. The Morgan fingerprint density at radius 1 is 1.32 bits per heavy atom. The van der Waals surface area contributed by atoms with E-state index in [1.807, 2.05) is 18.2 Å². The van der Waals surface area contributed by atoms with Gasteiger partial charge in [0.2, 0.25) is 0 Å². The van der Waals surface area contributed by atoms with Crippen molar-refractivity contribution in [1.29, 1.82) is 5.26 Å². The molecule has 0 saturated heterocycles. The number of nitrogens with zero attached hydrogens (tertiary/aromatic N) is 1. The minimum atomic E-state index is 0.514. The van der Waals surface area contributed by atoms with Gasteiger partial charge in [0.15, 0.2) is 11.5 Å². The minimum Gasteiger partial charge on any atom is -0.493 e. The second-order valence-electron chi connectivity index (χ2n) is 4.27. The first kappa shape index (κ1) is 15.3. The molecule has 4 heteroatoms. The highest BCUT2D eigenvalue weighted by Crippen LogP contribution is 2.28. The van der Waals surface area contributed by atoms with Crippen molar-refractivity contribution in [2.24, 2.45) is 0 Å². The van der Waals surface area contributed by atoms with Crippen LogP contribution in [0.4, 0.5) is 0 Å². The summed E-state index contributed by atoms with van der Waals surface area (Å²) in [7, 11) is 1.63. The zero-order chi connectivity index (χ0) is 13.9. The zero-order valence-corrected chi connectivity index (χ0v) is 11.7. The van der Waals surface area contributed by atoms with Crippen LogP contribution in [0.2, 0.25) is 0 Å². The van der Waals surface area contributed by atoms with Gasteiger partial charge in [-0.2, -0.15) is 5.26 Å². The lowest BCUT2D eigenvalue weighted by molar-refractivity contribution is 0.290. The van der Waals surface area contributed by atoms with Crippen LogP contribution in [-0.4, -0.2) is 20.3 Å². The highest BCUT2D eigenvalue weighted by atomic mass is 16.5. The van der Waals surface area contributed by atoms with Crippen molar-refractivity contribution in [3.63, 3.8) is 0 Å². The van der Waals surface area contributed by atoms with E-state index in [9.17, 15) is 0 Å². The summed E-state index contributed by atoms with van der Waals surface area (Å²) < 4.78 is 10.9. The predicted molar refractivity (Wildman–Crippen MR) is 75.3 cm³/mol. The zero-order valence-electron chi connectivity index (χ0n) is 11.7. The molecular weight excluding hydrogens is 240 g/mol. The van der Waals surface area contributed by atoms with Gasteiger partial charge in [0, 0.05) is 13.0 Å². The summed E-state index contributed by atoms with van der Waals surface area (Å²) in [6, 6.07) is 8.05. The van der Waals surface area contributed by atoms with Crippen LogP contribution in [0.1, 0.15) is 31.7 Å². The average molecular weight is 262 g/mol. The molecule has 1 aromatic carbocycles. The molecule has 1 rings (SSSR count). The number of hydrogen-bond donors (Lipinski definition) is 1. The number of ether oxygens (including phenoxy) is 2. The molecule has 1 aromatic rings. The van der Waals surface area contributed by atoms with Crippen molar-refractivity contribution in [2.75, 3.05) is 20.3 Å². The van der Waals surface area contributed by atoms with E-state index in [-0.39, 0.29) is 0 Å². The van der Waals surface area contributed by atoms with Crippen molar-refractivity contribution in [3.8, 4) is 17.6 Å². The minimum absolute atomic E-state index is 0.514. The highest BCUT2D eigenvalue weighted by Gasteiger charge is 2.05. The number of unbranched alkanes of at least 4 members (excludes halogenated alkanes) is 1. The summed E-state index contributed by atoms with van der Waals surface area (Å²) in [6.45, 7) is 4.51. The Labute approximate surface area is 115 Å². The van der Waals surface area contributed by atoms with Crippen LogP contribution in [0.25, 0.3) is 0 Å². The van der Waals surface area contributed by atoms with Gasteiger partial charge in [-0.15, -0.1) is 0 Å². The molecule has 1 N–H and O–H groups in total. The lowest BCUT2D eigenvalue weighted by Crippen LogP contribution is -2.13. The molecule has 0 bridgehead atoms. The van der Waals surface area contributed by atoms with Crippen molar-refractivity contribution < 1.29 is 9.47 Å². The van der Waals surface area contributed by atoms with Crippen molar-refractivity contribution in [2.45, 2.75) is 32.7 Å². The third-order valence-corrected chi connectivity index (χ3v) is 2.67. The number of hydrogen-bond acceptors (Lipinski definition) is 4. The molecule has 0 unspecified atom stereocenters. The monoisotopic (exact) mass is 262 g/mol. The summed E-state index contributed by atoms with van der Waals surface area (Å²) in [6.07, 6.45) is 2.37. The van der Waals surface area contributed by atoms with E-state index in [1.54, 1.807) is 7.11 Å². The SMILES string of the molecule is CCCNCc1ccc(OC)c(OCCCC#N)c1. The van der Waals surface area contributed by atoms with Crippen LogP contribution in [0.15, 0.2) is 18.2 Å². The normalized spacial score (nSPS) is 9.95. The summed E-state index contributed by atoms with van der Waals surface area (Å²) in [4.78, 5) is 0. The van der Waals surface area contributed by atoms with E-state index < -0.39 is 0 Å². The van der Waals surface area contributed by atoms with Gasteiger partial charge >= 0.3 is 0 Å². The van der Waals surface area contributed by atoms with Gasteiger partial charge < -0.3 is 14.8 Å². The Morgan fingerprint density at radius 3 is 2.84 bits per heavy atom. The molecule has 0 radical (unpaired) electrons. The summed E-state index contributed by atoms with van der Waals surface area (Å²) in [5, 5.41) is 11.8. The van der Waals surface area contributed by atoms with E-state index in [0.717, 1.165) is 37.4 Å². The van der Waals surface area contributed by atoms with E-state index in [2.05, 4.69) is 18.3 Å². The van der Waals surface area contributed by atoms with Crippen LogP contribution >= 0.6 is 0 Å². The van der Waals surface area contributed by atoms with E-state index in [1.165, 1.54) is 5.56 Å². The summed E-state index contributed by atoms with van der Waals surface area (Å²) in [5.41, 5.74) is 1.17. The number of nitrogens with one attached hydrogen (secondary N) is 1. The molecule has 4 nitrogen and oxygen atoms in total. The maximum atomic E-state index is 8.49. The van der Waals surface area contributed by atoms with Gasteiger partial charge in [-0.05, 0) is 37.1 Å². The Bertz CT molecular complexity index is 413. The van der Waals surface area contributed by atoms with Gasteiger partial charge in [0.25, 0.3) is 0 Å².